The van der Waals surface area contributed by atoms with Crippen molar-refractivity contribution in [2.75, 3.05) is 18.1 Å². The molecule has 2 bridgehead atoms. The molecule has 0 radical (unpaired) electrons. The summed E-state index contributed by atoms with van der Waals surface area (Å²) < 4.78 is 23.2. The number of benzene rings is 1. The van der Waals surface area contributed by atoms with E-state index in [4.69, 9.17) is 11.6 Å². The van der Waals surface area contributed by atoms with E-state index in [1.165, 1.54) is 19.1 Å². The summed E-state index contributed by atoms with van der Waals surface area (Å²) in [7, 11) is -3.20. The summed E-state index contributed by atoms with van der Waals surface area (Å²) in [6, 6.07) is 4.81. The third-order valence-electron chi connectivity index (χ3n) is 4.34. The van der Waals surface area contributed by atoms with Crippen LogP contribution in [0.2, 0.25) is 5.02 Å². The number of halogens is 1. The van der Waals surface area contributed by atoms with Crippen molar-refractivity contribution >= 4 is 27.1 Å². The first kappa shape index (κ1) is 14.0. The van der Waals surface area contributed by atoms with Gasteiger partial charge in [0.2, 0.25) is 0 Å². The van der Waals surface area contributed by atoms with E-state index < -0.39 is 9.84 Å². The Kier molecular flexibility index (Phi) is 3.55. The van der Waals surface area contributed by atoms with Crippen molar-refractivity contribution in [2.45, 2.75) is 17.7 Å². The van der Waals surface area contributed by atoms with Crippen molar-refractivity contribution in [3.05, 3.63) is 35.4 Å². The van der Waals surface area contributed by atoms with Crippen molar-refractivity contribution < 1.29 is 8.42 Å². The van der Waals surface area contributed by atoms with Gasteiger partial charge in [0.25, 0.3) is 0 Å². The quantitative estimate of drug-likeness (QED) is 0.867. The molecule has 1 saturated carbocycles. The average Bonchev–Trinajstić information content (AvgIpc) is 2.98. The van der Waals surface area contributed by atoms with Gasteiger partial charge in [-0.05, 0) is 48.8 Å². The first-order chi connectivity index (χ1) is 9.43. The van der Waals surface area contributed by atoms with E-state index in [0.717, 1.165) is 12.5 Å². The molecule has 5 heteroatoms. The SMILES string of the molecule is CS(=O)(=O)c1ccc(Cl)c(NCC2CC3C=CC2C3)c1. The number of hydrogen-bond acceptors (Lipinski definition) is 3. The molecule has 20 heavy (non-hydrogen) atoms. The zero-order valence-corrected chi connectivity index (χ0v) is 12.9. The minimum atomic E-state index is -3.20. The lowest BCUT2D eigenvalue weighted by Crippen LogP contribution is -2.18. The van der Waals surface area contributed by atoms with Gasteiger partial charge in [0.05, 0.1) is 15.6 Å². The van der Waals surface area contributed by atoms with Crippen LogP contribution >= 0.6 is 11.6 Å². The van der Waals surface area contributed by atoms with Crippen molar-refractivity contribution in [3.8, 4) is 0 Å². The topological polar surface area (TPSA) is 46.2 Å². The third kappa shape index (κ3) is 2.72. The monoisotopic (exact) mass is 311 g/mol. The Balaban J connectivity index is 1.72. The van der Waals surface area contributed by atoms with E-state index in [-0.39, 0.29) is 0 Å². The van der Waals surface area contributed by atoms with Crippen LogP contribution in [0.5, 0.6) is 0 Å². The molecule has 3 rings (SSSR count). The number of nitrogens with one attached hydrogen (secondary N) is 1. The molecule has 0 heterocycles. The average molecular weight is 312 g/mol. The van der Waals surface area contributed by atoms with E-state index in [1.807, 2.05) is 0 Å². The van der Waals surface area contributed by atoms with E-state index in [1.54, 1.807) is 18.2 Å². The summed E-state index contributed by atoms with van der Waals surface area (Å²) in [6.07, 6.45) is 8.33. The molecule has 3 unspecified atom stereocenters. The Labute approximate surface area is 124 Å². The lowest BCUT2D eigenvalue weighted by molar-refractivity contribution is 0.472. The number of anilines is 1. The fourth-order valence-corrected chi connectivity index (χ4v) is 4.07. The highest BCUT2D eigenvalue weighted by Crippen LogP contribution is 2.43. The Hall–Kier alpha value is -1.00. The summed E-state index contributed by atoms with van der Waals surface area (Å²) in [5, 5.41) is 3.89. The Bertz CT molecular complexity index is 654. The molecule has 1 N–H and O–H groups in total. The molecule has 2 aliphatic rings. The molecule has 1 aromatic carbocycles. The highest BCUT2D eigenvalue weighted by atomic mass is 35.5. The smallest absolute Gasteiger partial charge is 0.175 e. The Morgan fingerprint density at radius 3 is 2.70 bits per heavy atom. The maximum absolute atomic E-state index is 11.6. The van der Waals surface area contributed by atoms with Crippen LogP contribution in [0.3, 0.4) is 0 Å². The van der Waals surface area contributed by atoms with Gasteiger partial charge in [-0.1, -0.05) is 23.8 Å². The van der Waals surface area contributed by atoms with E-state index in [2.05, 4.69) is 17.5 Å². The minimum absolute atomic E-state index is 0.303. The standard InChI is InChI=1S/C15H18ClNO2S/c1-20(18,19)13-4-5-14(16)15(8-13)17-9-12-7-10-2-3-11(12)6-10/h2-5,8,10-12,17H,6-7,9H2,1H3. The predicted octanol–water partition coefficient (Wildman–Crippen LogP) is 3.37. The molecule has 0 aliphatic heterocycles. The minimum Gasteiger partial charge on any atom is -0.384 e. The van der Waals surface area contributed by atoms with Crippen LogP contribution in [0.1, 0.15) is 12.8 Å². The zero-order chi connectivity index (χ0) is 14.3. The fraction of sp³-hybridized carbons (Fsp3) is 0.467. The second kappa shape index (κ2) is 5.08. The fourth-order valence-electron chi connectivity index (χ4n) is 3.24. The second-order valence-electron chi connectivity index (χ2n) is 5.84. The van der Waals surface area contributed by atoms with Gasteiger partial charge in [-0.15, -0.1) is 0 Å². The van der Waals surface area contributed by atoms with Crippen molar-refractivity contribution in [2.24, 2.45) is 17.8 Å². The first-order valence-corrected chi connectivity index (χ1v) is 9.12. The predicted molar refractivity (Wildman–Crippen MR) is 81.9 cm³/mol. The van der Waals surface area contributed by atoms with Crippen molar-refractivity contribution in [1.29, 1.82) is 0 Å². The summed E-state index contributed by atoms with van der Waals surface area (Å²) in [6.45, 7) is 0.846. The van der Waals surface area contributed by atoms with E-state index in [9.17, 15) is 8.42 Å². The zero-order valence-electron chi connectivity index (χ0n) is 11.3. The molecule has 1 fully saturated rings. The second-order valence-corrected chi connectivity index (χ2v) is 8.26. The van der Waals surface area contributed by atoms with Crippen LogP contribution in [0.15, 0.2) is 35.2 Å². The normalized spacial score (nSPS) is 28.0. The maximum atomic E-state index is 11.6. The first-order valence-electron chi connectivity index (χ1n) is 6.85. The van der Waals surface area contributed by atoms with Gasteiger partial charge in [-0.2, -0.15) is 0 Å². The van der Waals surface area contributed by atoms with Gasteiger partial charge in [0.1, 0.15) is 0 Å². The van der Waals surface area contributed by atoms with Crippen molar-refractivity contribution in [3.63, 3.8) is 0 Å². The number of sulfone groups is 1. The summed E-state index contributed by atoms with van der Waals surface area (Å²) in [5.41, 5.74) is 0.710. The molecule has 1 aromatic rings. The van der Waals surface area contributed by atoms with Crippen LogP contribution in [-0.2, 0) is 9.84 Å². The molecule has 108 valence electrons. The summed E-state index contributed by atoms with van der Waals surface area (Å²) in [4.78, 5) is 0.303. The molecule has 0 aromatic heterocycles. The van der Waals surface area contributed by atoms with Gasteiger partial charge in [0, 0.05) is 12.8 Å². The number of rotatable bonds is 4. The lowest BCUT2D eigenvalue weighted by Gasteiger charge is -2.20. The maximum Gasteiger partial charge on any atom is 0.175 e. The summed E-state index contributed by atoms with van der Waals surface area (Å²) in [5.74, 6) is 2.04. The van der Waals surface area contributed by atoms with Gasteiger partial charge >= 0.3 is 0 Å². The highest BCUT2D eigenvalue weighted by molar-refractivity contribution is 7.90. The van der Waals surface area contributed by atoms with Crippen LogP contribution in [0.25, 0.3) is 0 Å². The Morgan fingerprint density at radius 1 is 1.30 bits per heavy atom. The van der Waals surface area contributed by atoms with Crippen LogP contribution in [0, 0.1) is 17.8 Å². The third-order valence-corrected chi connectivity index (χ3v) is 5.78. The highest BCUT2D eigenvalue weighted by Gasteiger charge is 2.35. The van der Waals surface area contributed by atoms with Gasteiger partial charge < -0.3 is 5.32 Å². The molecule has 0 saturated heterocycles. The number of fused-ring (bicyclic) bond motifs is 2. The lowest BCUT2D eigenvalue weighted by atomic mass is 9.93. The molecule has 3 atom stereocenters. The van der Waals surface area contributed by atoms with Gasteiger partial charge in [-0.25, -0.2) is 8.42 Å². The molecular formula is C15H18ClNO2S. The van der Waals surface area contributed by atoms with Crippen LogP contribution in [0.4, 0.5) is 5.69 Å². The summed E-state index contributed by atoms with van der Waals surface area (Å²) >= 11 is 6.14. The van der Waals surface area contributed by atoms with E-state index >= 15 is 0 Å². The van der Waals surface area contributed by atoms with Gasteiger partial charge in [0.15, 0.2) is 9.84 Å². The van der Waals surface area contributed by atoms with Crippen LogP contribution in [-0.4, -0.2) is 21.2 Å². The van der Waals surface area contributed by atoms with Gasteiger partial charge in [-0.3, -0.25) is 0 Å². The molecular weight excluding hydrogens is 294 g/mol. The van der Waals surface area contributed by atoms with Crippen molar-refractivity contribution in [1.82, 2.24) is 0 Å². The molecule has 0 spiro atoms. The number of hydrogen-bond donors (Lipinski definition) is 1. The molecule has 2 aliphatic carbocycles. The molecule has 3 nitrogen and oxygen atoms in total. The van der Waals surface area contributed by atoms with E-state index in [0.29, 0.717) is 27.4 Å². The Morgan fingerprint density at radius 2 is 2.10 bits per heavy atom. The van der Waals surface area contributed by atoms with Crippen LogP contribution < -0.4 is 5.32 Å². The number of allylic oxidation sites excluding steroid dienone is 2. The molecule has 0 amide bonds. The largest absolute Gasteiger partial charge is 0.384 e.